The fraction of sp³-hybridized carbons (Fsp3) is 0.478. The van der Waals surface area contributed by atoms with E-state index in [1.165, 1.54) is 10.4 Å². The smallest absolute Gasteiger partial charge is 0.317 e. The van der Waals surface area contributed by atoms with Crippen LogP contribution in [0, 0.1) is 6.92 Å². The van der Waals surface area contributed by atoms with Crippen molar-refractivity contribution in [3.05, 3.63) is 57.8 Å². The summed E-state index contributed by atoms with van der Waals surface area (Å²) in [6.07, 6.45) is 1.92. The molecular weight excluding hydrogens is 398 g/mol. The van der Waals surface area contributed by atoms with E-state index in [1.54, 1.807) is 16.2 Å². The van der Waals surface area contributed by atoms with Gasteiger partial charge in [-0.3, -0.25) is 4.79 Å². The summed E-state index contributed by atoms with van der Waals surface area (Å²) < 4.78 is 5.71. The number of thiophene rings is 1. The standard InChI is InChI=1S/C23H31N3O3S/c1-3-24-23(28)26(15-20-10-7-12-29-20)17-22(27)25(14-19-8-5-4-6-9-19)16-21-18(2)11-13-30-21/h4-6,8-9,11,13,20H,3,7,10,12,14-17H2,1-2H3,(H,24,28)/t20-/m1/s1. The van der Waals surface area contributed by atoms with Crippen LogP contribution in [0.4, 0.5) is 4.79 Å². The Morgan fingerprint density at radius 1 is 1.17 bits per heavy atom. The van der Waals surface area contributed by atoms with Crippen molar-refractivity contribution in [1.29, 1.82) is 0 Å². The summed E-state index contributed by atoms with van der Waals surface area (Å²) in [5, 5.41) is 4.88. The van der Waals surface area contributed by atoms with Gasteiger partial charge in [0.05, 0.1) is 12.6 Å². The molecule has 30 heavy (non-hydrogen) atoms. The minimum absolute atomic E-state index is 0.00233. The van der Waals surface area contributed by atoms with E-state index in [-0.39, 0.29) is 24.6 Å². The van der Waals surface area contributed by atoms with Crippen LogP contribution in [0.2, 0.25) is 0 Å². The molecule has 1 aromatic carbocycles. The number of carbonyl (C=O) groups is 2. The molecule has 2 heterocycles. The van der Waals surface area contributed by atoms with Crippen molar-refractivity contribution < 1.29 is 14.3 Å². The second kappa shape index (κ2) is 11.1. The van der Waals surface area contributed by atoms with Crippen molar-refractivity contribution in [3.63, 3.8) is 0 Å². The van der Waals surface area contributed by atoms with Crippen molar-refractivity contribution in [1.82, 2.24) is 15.1 Å². The third kappa shape index (κ3) is 6.31. The quantitative estimate of drug-likeness (QED) is 0.660. The Bertz CT molecular complexity index is 818. The van der Waals surface area contributed by atoms with Gasteiger partial charge in [0.15, 0.2) is 0 Å². The van der Waals surface area contributed by atoms with Gasteiger partial charge in [-0.25, -0.2) is 4.79 Å². The molecule has 7 heteroatoms. The Kier molecular flexibility index (Phi) is 8.28. The Labute approximate surface area is 182 Å². The van der Waals surface area contributed by atoms with Crippen molar-refractivity contribution in [2.45, 2.75) is 45.9 Å². The number of nitrogens with one attached hydrogen (secondary N) is 1. The molecular formula is C23H31N3O3S. The molecule has 3 rings (SSSR count). The van der Waals surface area contributed by atoms with Gasteiger partial charge in [0.1, 0.15) is 6.54 Å². The molecule has 0 aliphatic carbocycles. The third-order valence-corrected chi connectivity index (χ3v) is 6.27. The van der Waals surface area contributed by atoms with Crippen molar-refractivity contribution in [2.24, 2.45) is 0 Å². The van der Waals surface area contributed by atoms with Crippen LogP contribution in [0.3, 0.4) is 0 Å². The van der Waals surface area contributed by atoms with Crippen molar-refractivity contribution in [3.8, 4) is 0 Å². The predicted molar refractivity (Wildman–Crippen MR) is 119 cm³/mol. The van der Waals surface area contributed by atoms with E-state index < -0.39 is 0 Å². The summed E-state index contributed by atoms with van der Waals surface area (Å²) >= 11 is 1.66. The first kappa shape index (κ1) is 22.3. The van der Waals surface area contributed by atoms with Crippen LogP contribution in [0.25, 0.3) is 0 Å². The molecule has 1 fully saturated rings. The molecule has 0 spiro atoms. The summed E-state index contributed by atoms with van der Waals surface area (Å²) in [4.78, 5) is 30.6. The van der Waals surface area contributed by atoms with E-state index in [4.69, 9.17) is 4.74 Å². The minimum atomic E-state index is -0.215. The topological polar surface area (TPSA) is 61.9 Å². The van der Waals surface area contributed by atoms with Crippen LogP contribution in [0.5, 0.6) is 0 Å². The molecule has 0 unspecified atom stereocenters. The van der Waals surface area contributed by atoms with Gasteiger partial charge >= 0.3 is 6.03 Å². The Balaban J connectivity index is 1.74. The predicted octanol–water partition coefficient (Wildman–Crippen LogP) is 3.80. The summed E-state index contributed by atoms with van der Waals surface area (Å²) in [5.41, 5.74) is 2.26. The number of nitrogens with zero attached hydrogens (tertiary/aromatic N) is 2. The SMILES string of the molecule is CCNC(=O)N(CC(=O)N(Cc1ccccc1)Cc1sccc1C)C[C@H]1CCCO1. The molecule has 162 valence electrons. The highest BCUT2D eigenvalue weighted by molar-refractivity contribution is 7.10. The minimum Gasteiger partial charge on any atom is -0.376 e. The number of hydrogen-bond acceptors (Lipinski definition) is 4. The maximum absolute atomic E-state index is 13.3. The third-order valence-electron chi connectivity index (χ3n) is 5.26. The second-order valence-corrected chi connectivity index (χ2v) is 8.61. The van der Waals surface area contributed by atoms with Crippen molar-refractivity contribution >= 4 is 23.3 Å². The fourth-order valence-electron chi connectivity index (χ4n) is 3.56. The van der Waals surface area contributed by atoms with Gasteiger partial charge in [-0.1, -0.05) is 30.3 Å². The zero-order chi connectivity index (χ0) is 21.3. The second-order valence-electron chi connectivity index (χ2n) is 7.61. The summed E-state index contributed by atoms with van der Waals surface area (Å²) in [6, 6.07) is 11.8. The lowest BCUT2D eigenvalue weighted by Gasteiger charge is -2.29. The van der Waals surface area contributed by atoms with E-state index in [0.29, 0.717) is 26.2 Å². The molecule has 1 aliphatic heterocycles. The van der Waals surface area contributed by atoms with Gasteiger partial charge < -0.3 is 19.9 Å². The van der Waals surface area contributed by atoms with Crippen LogP contribution >= 0.6 is 11.3 Å². The highest BCUT2D eigenvalue weighted by Crippen LogP contribution is 2.20. The van der Waals surface area contributed by atoms with E-state index in [2.05, 4.69) is 18.3 Å². The lowest BCUT2D eigenvalue weighted by atomic mass is 10.2. The molecule has 1 aliphatic rings. The lowest BCUT2D eigenvalue weighted by molar-refractivity contribution is -0.133. The van der Waals surface area contributed by atoms with Crippen LogP contribution in [-0.4, -0.2) is 54.1 Å². The number of hydrogen-bond donors (Lipinski definition) is 1. The number of carbonyl (C=O) groups excluding carboxylic acids is 2. The zero-order valence-corrected chi connectivity index (χ0v) is 18.6. The van der Waals surface area contributed by atoms with E-state index in [9.17, 15) is 9.59 Å². The zero-order valence-electron chi connectivity index (χ0n) is 17.8. The molecule has 1 atom stereocenters. The highest BCUT2D eigenvalue weighted by atomic mass is 32.1. The molecule has 0 radical (unpaired) electrons. The fourth-order valence-corrected chi connectivity index (χ4v) is 4.48. The molecule has 2 aromatic rings. The first-order chi connectivity index (χ1) is 14.6. The van der Waals surface area contributed by atoms with Gasteiger partial charge in [0.2, 0.25) is 5.91 Å². The number of ether oxygens (including phenoxy) is 1. The van der Waals surface area contributed by atoms with Gasteiger partial charge in [-0.15, -0.1) is 11.3 Å². The maximum atomic E-state index is 13.3. The maximum Gasteiger partial charge on any atom is 0.317 e. The van der Waals surface area contributed by atoms with Gasteiger partial charge in [0.25, 0.3) is 0 Å². The van der Waals surface area contributed by atoms with Gasteiger partial charge in [-0.2, -0.15) is 0 Å². The van der Waals surface area contributed by atoms with Crippen LogP contribution in [-0.2, 0) is 22.6 Å². The van der Waals surface area contributed by atoms with Gasteiger partial charge in [0, 0.05) is 31.1 Å². The summed E-state index contributed by atoms with van der Waals surface area (Å²) in [6.45, 7) is 6.73. The molecule has 1 N–H and O–H groups in total. The molecule has 6 nitrogen and oxygen atoms in total. The average molecular weight is 430 g/mol. The van der Waals surface area contributed by atoms with Gasteiger partial charge in [-0.05, 0) is 49.3 Å². The number of rotatable bonds is 9. The normalized spacial score (nSPS) is 15.7. The Morgan fingerprint density at radius 2 is 1.97 bits per heavy atom. The summed E-state index contributed by atoms with van der Waals surface area (Å²) in [5.74, 6) is -0.0593. The first-order valence-electron chi connectivity index (χ1n) is 10.6. The molecule has 1 aromatic heterocycles. The van der Waals surface area contributed by atoms with E-state index >= 15 is 0 Å². The number of aryl methyl sites for hydroxylation is 1. The molecule has 0 saturated carbocycles. The van der Waals surface area contributed by atoms with E-state index in [0.717, 1.165) is 25.0 Å². The summed E-state index contributed by atoms with van der Waals surface area (Å²) in [7, 11) is 0. The number of amides is 3. The van der Waals surface area contributed by atoms with Crippen LogP contribution in [0.15, 0.2) is 41.8 Å². The largest absolute Gasteiger partial charge is 0.376 e. The monoisotopic (exact) mass is 429 g/mol. The van der Waals surface area contributed by atoms with Crippen molar-refractivity contribution in [2.75, 3.05) is 26.2 Å². The number of urea groups is 1. The molecule has 3 amide bonds. The molecule has 0 bridgehead atoms. The van der Waals surface area contributed by atoms with Crippen LogP contribution in [0.1, 0.15) is 35.8 Å². The Morgan fingerprint density at radius 3 is 2.60 bits per heavy atom. The average Bonchev–Trinajstić information content (AvgIpc) is 3.40. The lowest BCUT2D eigenvalue weighted by Crippen LogP contribution is -2.49. The Hall–Kier alpha value is -2.38. The highest BCUT2D eigenvalue weighted by Gasteiger charge is 2.26. The van der Waals surface area contributed by atoms with Crippen LogP contribution < -0.4 is 5.32 Å². The van der Waals surface area contributed by atoms with E-state index in [1.807, 2.05) is 47.5 Å². The first-order valence-corrected chi connectivity index (χ1v) is 11.4. The number of benzene rings is 1. The molecule has 1 saturated heterocycles.